The minimum absolute atomic E-state index is 0.0193. The number of nitro groups is 1. The van der Waals surface area contributed by atoms with Gasteiger partial charge in [-0.2, -0.15) is 0 Å². The molecule has 0 aromatic carbocycles. The highest BCUT2D eigenvalue weighted by atomic mass is 32.1. The van der Waals surface area contributed by atoms with E-state index in [0.717, 1.165) is 30.8 Å². The van der Waals surface area contributed by atoms with Crippen LogP contribution in [0.25, 0.3) is 0 Å². The summed E-state index contributed by atoms with van der Waals surface area (Å²) in [7, 11) is 0. The molecule has 0 radical (unpaired) electrons. The maximum atomic E-state index is 11.5. The second-order valence-electron chi connectivity index (χ2n) is 4.31. The van der Waals surface area contributed by atoms with Crippen molar-refractivity contribution in [3.8, 4) is 0 Å². The third kappa shape index (κ3) is 3.28. The van der Waals surface area contributed by atoms with Crippen LogP contribution in [0.1, 0.15) is 17.3 Å². The van der Waals surface area contributed by atoms with E-state index < -0.39 is 16.9 Å². The Morgan fingerprint density at radius 3 is 2.89 bits per heavy atom. The number of carboxylic acid groups (broad SMARTS) is 1. The molecule has 0 aliphatic carbocycles. The van der Waals surface area contributed by atoms with Crippen molar-refractivity contribution in [1.29, 1.82) is 0 Å². The lowest BCUT2D eigenvalue weighted by molar-refractivity contribution is -0.380. The summed E-state index contributed by atoms with van der Waals surface area (Å²) in [5.74, 6) is -0.960. The zero-order valence-electron chi connectivity index (χ0n) is 10.2. The first-order valence-corrected chi connectivity index (χ1v) is 6.83. The lowest BCUT2D eigenvalue weighted by Crippen LogP contribution is -2.36. The molecule has 1 atom stereocenters. The average Bonchev–Trinajstić information content (AvgIpc) is 2.67. The molecule has 0 saturated carbocycles. The van der Waals surface area contributed by atoms with Gasteiger partial charge in [0.05, 0.1) is 4.92 Å². The molecule has 1 unspecified atom stereocenters. The van der Waals surface area contributed by atoms with Crippen LogP contribution >= 0.6 is 11.3 Å². The van der Waals surface area contributed by atoms with E-state index in [-0.39, 0.29) is 5.00 Å². The lowest BCUT2D eigenvalue weighted by Gasteiger charge is -2.25. The van der Waals surface area contributed by atoms with Gasteiger partial charge in [-0.1, -0.05) is 11.3 Å². The van der Waals surface area contributed by atoms with Gasteiger partial charge < -0.3 is 10.4 Å². The van der Waals surface area contributed by atoms with Crippen LogP contribution in [-0.4, -0.2) is 47.1 Å². The van der Waals surface area contributed by atoms with Crippen LogP contribution in [0.4, 0.5) is 5.00 Å². The summed E-state index contributed by atoms with van der Waals surface area (Å²) in [5, 5.41) is 23.3. The van der Waals surface area contributed by atoms with E-state index in [1.165, 1.54) is 6.07 Å². The molecular formula is C11H15N3O4S. The number of carbonyl (C=O) groups is 1. The van der Waals surface area contributed by atoms with Crippen molar-refractivity contribution in [2.24, 2.45) is 0 Å². The second-order valence-corrected chi connectivity index (χ2v) is 5.41. The lowest BCUT2D eigenvalue weighted by atomic mass is 10.2. The second kappa shape index (κ2) is 6.09. The third-order valence-corrected chi connectivity index (χ3v) is 4.13. The highest BCUT2D eigenvalue weighted by Crippen LogP contribution is 2.32. The van der Waals surface area contributed by atoms with Crippen LogP contribution in [0.3, 0.4) is 0 Å². The average molecular weight is 285 g/mol. The molecule has 1 aromatic rings. The summed E-state index contributed by atoms with van der Waals surface area (Å²) >= 11 is 0.936. The van der Waals surface area contributed by atoms with E-state index in [1.807, 2.05) is 4.90 Å². The molecule has 1 aliphatic rings. The Kier molecular flexibility index (Phi) is 4.46. The molecule has 19 heavy (non-hydrogen) atoms. The summed E-state index contributed by atoms with van der Waals surface area (Å²) in [6.45, 7) is 2.91. The number of aliphatic carboxylic acids is 1. The quantitative estimate of drug-likeness (QED) is 0.635. The molecule has 8 heteroatoms. The Balaban J connectivity index is 2.22. The Hall–Kier alpha value is -1.51. The van der Waals surface area contributed by atoms with Crippen molar-refractivity contribution in [2.75, 3.05) is 26.2 Å². The molecule has 0 amide bonds. The van der Waals surface area contributed by atoms with Crippen molar-refractivity contribution < 1.29 is 14.8 Å². The fourth-order valence-electron chi connectivity index (χ4n) is 2.17. The van der Waals surface area contributed by atoms with Crippen molar-refractivity contribution in [1.82, 2.24) is 10.2 Å². The molecule has 1 saturated heterocycles. The number of nitrogens with zero attached hydrogens (tertiary/aromatic N) is 2. The van der Waals surface area contributed by atoms with E-state index in [0.29, 0.717) is 18.0 Å². The molecule has 1 fully saturated rings. The van der Waals surface area contributed by atoms with Crippen molar-refractivity contribution >= 4 is 22.3 Å². The molecule has 7 nitrogen and oxygen atoms in total. The van der Waals surface area contributed by atoms with Gasteiger partial charge in [-0.05, 0) is 19.0 Å². The zero-order chi connectivity index (χ0) is 13.8. The maximum Gasteiger partial charge on any atom is 0.326 e. The minimum atomic E-state index is -0.960. The molecule has 1 aromatic heterocycles. The van der Waals surface area contributed by atoms with Gasteiger partial charge in [0.1, 0.15) is 6.04 Å². The van der Waals surface area contributed by atoms with E-state index in [4.69, 9.17) is 0 Å². The number of thiophene rings is 1. The predicted octanol–water partition coefficient (Wildman–Crippen LogP) is 1.08. The van der Waals surface area contributed by atoms with Crippen molar-refractivity contribution in [3.05, 3.63) is 27.1 Å². The molecule has 2 N–H and O–H groups in total. The van der Waals surface area contributed by atoms with Gasteiger partial charge in [-0.3, -0.25) is 19.8 Å². The molecule has 2 heterocycles. The van der Waals surface area contributed by atoms with Gasteiger partial charge in [0, 0.05) is 30.6 Å². The predicted molar refractivity (Wildman–Crippen MR) is 70.4 cm³/mol. The Bertz CT molecular complexity index is 468. The Morgan fingerprint density at radius 2 is 2.26 bits per heavy atom. The van der Waals surface area contributed by atoms with Gasteiger partial charge in [-0.15, -0.1) is 0 Å². The topological polar surface area (TPSA) is 95.7 Å². The van der Waals surface area contributed by atoms with Gasteiger partial charge in [0.15, 0.2) is 0 Å². The van der Waals surface area contributed by atoms with Crippen LogP contribution in [0.15, 0.2) is 12.1 Å². The van der Waals surface area contributed by atoms with Gasteiger partial charge in [-0.25, -0.2) is 0 Å². The monoisotopic (exact) mass is 285 g/mol. The Labute approximate surface area is 114 Å². The van der Waals surface area contributed by atoms with E-state index >= 15 is 0 Å². The number of hydrogen-bond donors (Lipinski definition) is 2. The largest absolute Gasteiger partial charge is 0.480 e. The van der Waals surface area contributed by atoms with Crippen molar-refractivity contribution in [2.45, 2.75) is 12.5 Å². The van der Waals surface area contributed by atoms with Crippen LogP contribution < -0.4 is 5.32 Å². The van der Waals surface area contributed by atoms with E-state index in [2.05, 4.69) is 5.32 Å². The summed E-state index contributed by atoms with van der Waals surface area (Å²) in [5.41, 5.74) is 0. The molecule has 1 aliphatic heterocycles. The SMILES string of the molecule is O=C(O)C(c1ccc([N+](=O)[O-])s1)N1CCCNCC1. The maximum absolute atomic E-state index is 11.5. The van der Waals surface area contributed by atoms with Gasteiger partial charge in [0.2, 0.25) is 0 Å². The van der Waals surface area contributed by atoms with Crippen LogP contribution in [-0.2, 0) is 4.79 Å². The van der Waals surface area contributed by atoms with Crippen LogP contribution in [0.2, 0.25) is 0 Å². The van der Waals surface area contributed by atoms with Gasteiger partial charge in [0.25, 0.3) is 0 Å². The van der Waals surface area contributed by atoms with Crippen LogP contribution in [0.5, 0.6) is 0 Å². The van der Waals surface area contributed by atoms with Crippen LogP contribution in [0, 0.1) is 10.1 Å². The van der Waals surface area contributed by atoms with Gasteiger partial charge >= 0.3 is 11.0 Å². The highest BCUT2D eigenvalue weighted by molar-refractivity contribution is 7.15. The normalized spacial score (nSPS) is 18.7. The summed E-state index contributed by atoms with van der Waals surface area (Å²) in [4.78, 5) is 24.0. The van der Waals surface area contributed by atoms with E-state index in [1.54, 1.807) is 6.07 Å². The smallest absolute Gasteiger partial charge is 0.326 e. The number of hydrogen-bond acceptors (Lipinski definition) is 6. The highest BCUT2D eigenvalue weighted by Gasteiger charge is 2.30. The summed E-state index contributed by atoms with van der Waals surface area (Å²) in [6, 6.07) is 2.12. The number of rotatable bonds is 4. The molecule has 0 bridgehead atoms. The zero-order valence-corrected chi connectivity index (χ0v) is 11.1. The fraction of sp³-hybridized carbons (Fsp3) is 0.545. The Morgan fingerprint density at radius 1 is 1.47 bits per heavy atom. The number of carboxylic acids is 1. The summed E-state index contributed by atoms with van der Waals surface area (Å²) < 4.78 is 0. The first-order chi connectivity index (χ1) is 9.09. The van der Waals surface area contributed by atoms with Crippen molar-refractivity contribution in [3.63, 3.8) is 0 Å². The first kappa shape index (κ1) is 13.9. The molecule has 0 spiro atoms. The standard InChI is InChI=1S/C11H15N3O4S/c15-11(16)10(13-6-1-4-12-5-7-13)8-2-3-9(19-8)14(17)18/h2-3,10,12H,1,4-7H2,(H,15,16). The number of nitrogens with one attached hydrogen (secondary N) is 1. The molecule has 104 valence electrons. The first-order valence-electron chi connectivity index (χ1n) is 6.01. The van der Waals surface area contributed by atoms with E-state index in [9.17, 15) is 20.0 Å². The molecule has 2 rings (SSSR count). The summed E-state index contributed by atoms with van der Waals surface area (Å²) in [6.07, 6.45) is 0.872. The molecular weight excluding hydrogens is 270 g/mol. The fourth-order valence-corrected chi connectivity index (χ4v) is 3.12. The third-order valence-electron chi connectivity index (χ3n) is 3.04. The minimum Gasteiger partial charge on any atom is -0.480 e.